The lowest BCUT2D eigenvalue weighted by molar-refractivity contribution is 0.0643. The summed E-state index contributed by atoms with van der Waals surface area (Å²) in [6, 6.07) is 6.38. The minimum absolute atomic E-state index is 0.0817. The molecule has 0 N–H and O–H groups in total. The summed E-state index contributed by atoms with van der Waals surface area (Å²) in [7, 11) is -3.49. The van der Waals surface area contributed by atoms with Gasteiger partial charge < -0.3 is 4.90 Å². The zero-order valence-electron chi connectivity index (χ0n) is 14.9. The van der Waals surface area contributed by atoms with Crippen molar-refractivity contribution in [3.05, 3.63) is 29.8 Å². The Morgan fingerprint density at radius 2 is 1.39 bits per heavy atom. The molecule has 5 nitrogen and oxygen atoms in total. The van der Waals surface area contributed by atoms with E-state index in [-0.39, 0.29) is 22.9 Å². The van der Waals surface area contributed by atoms with Crippen molar-refractivity contribution in [3.63, 3.8) is 0 Å². The Hall–Kier alpha value is -1.40. The largest absolute Gasteiger partial charge is 0.334 e. The van der Waals surface area contributed by atoms with E-state index < -0.39 is 10.0 Å². The van der Waals surface area contributed by atoms with Gasteiger partial charge >= 0.3 is 0 Å². The van der Waals surface area contributed by atoms with Gasteiger partial charge in [0.05, 0.1) is 4.90 Å². The maximum atomic E-state index is 12.6. The van der Waals surface area contributed by atoms with Crippen molar-refractivity contribution in [3.8, 4) is 0 Å². The van der Waals surface area contributed by atoms with E-state index in [1.54, 1.807) is 17.0 Å². The van der Waals surface area contributed by atoms with Crippen LogP contribution in [-0.2, 0) is 10.0 Å². The molecule has 0 heterocycles. The monoisotopic (exact) mass is 340 g/mol. The fourth-order valence-electron chi connectivity index (χ4n) is 2.70. The van der Waals surface area contributed by atoms with E-state index in [2.05, 4.69) is 0 Å². The van der Waals surface area contributed by atoms with Crippen LogP contribution in [0.1, 0.15) is 51.9 Å². The van der Waals surface area contributed by atoms with Gasteiger partial charge in [-0.25, -0.2) is 8.42 Å². The summed E-state index contributed by atoms with van der Waals surface area (Å²) in [6.07, 6.45) is 0. The van der Waals surface area contributed by atoms with Gasteiger partial charge in [-0.2, -0.15) is 4.31 Å². The second-order valence-corrected chi connectivity index (χ2v) is 7.95. The maximum Gasteiger partial charge on any atom is 0.254 e. The minimum atomic E-state index is -3.49. The van der Waals surface area contributed by atoms with Gasteiger partial charge in [0.2, 0.25) is 10.0 Å². The molecule has 0 fully saturated rings. The molecule has 1 amide bonds. The molecule has 6 heteroatoms. The number of hydrogen-bond acceptors (Lipinski definition) is 3. The van der Waals surface area contributed by atoms with Crippen LogP contribution in [0.15, 0.2) is 29.2 Å². The number of carbonyl (C=O) groups excluding carboxylic acids is 1. The highest BCUT2D eigenvalue weighted by molar-refractivity contribution is 7.89. The van der Waals surface area contributed by atoms with E-state index in [9.17, 15) is 13.2 Å². The summed E-state index contributed by atoms with van der Waals surface area (Å²) in [5, 5.41) is 0. The van der Waals surface area contributed by atoms with Gasteiger partial charge in [0.25, 0.3) is 5.91 Å². The van der Waals surface area contributed by atoms with Crippen LogP contribution in [-0.4, -0.2) is 48.7 Å². The third kappa shape index (κ3) is 4.32. The van der Waals surface area contributed by atoms with E-state index in [1.165, 1.54) is 16.4 Å². The Bertz CT molecular complexity index is 610. The summed E-state index contributed by atoms with van der Waals surface area (Å²) in [4.78, 5) is 14.6. The summed E-state index contributed by atoms with van der Waals surface area (Å²) < 4.78 is 26.3. The molecule has 0 aliphatic heterocycles. The molecule has 0 spiro atoms. The zero-order valence-corrected chi connectivity index (χ0v) is 15.7. The van der Waals surface area contributed by atoms with Gasteiger partial charge in [-0.05, 0) is 52.0 Å². The summed E-state index contributed by atoms with van der Waals surface area (Å²) >= 11 is 0. The summed E-state index contributed by atoms with van der Waals surface area (Å²) in [5.74, 6) is -0.0817. The van der Waals surface area contributed by atoms with Crippen LogP contribution in [0.5, 0.6) is 0 Å². The number of hydrogen-bond donors (Lipinski definition) is 0. The van der Waals surface area contributed by atoms with E-state index in [4.69, 9.17) is 0 Å². The molecular formula is C17H28N2O3S. The molecule has 0 aromatic heterocycles. The quantitative estimate of drug-likeness (QED) is 0.767. The Morgan fingerprint density at radius 1 is 0.957 bits per heavy atom. The van der Waals surface area contributed by atoms with Gasteiger partial charge in [0, 0.05) is 30.7 Å². The molecule has 0 aliphatic carbocycles. The molecule has 0 saturated carbocycles. The SMILES string of the molecule is CCN(CC)S(=O)(=O)c1ccc(C(=O)N(C(C)C)C(C)C)cc1. The Balaban J connectivity index is 3.12. The molecule has 23 heavy (non-hydrogen) atoms. The molecular weight excluding hydrogens is 312 g/mol. The van der Waals surface area contributed by atoms with Crippen molar-refractivity contribution < 1.29 is 13.2 Å². The molecule has 0 aliphatic rings. The number of benzene rings is 1. The van der Waals surface area contributed by atoms with Crippen LogP contribution in [0.25, 0.3) is 0 Å². The minimum Gasteiger partial charge on any atom is -0.334 e. The van der Waals surface area contributed by atoms with Crippen molar-refractivity contribution in [2.24, 2.45) is 0 Å². The molecule has 0 bridgehead atoms. The molecule has 1 aromatic carbocycles. The van der Waals surface area contributed by atoms with Crippen molar-refractivity contribution in [2.75, 3.05) is 13.1 Å². The van der Waals surface area contributed by atoms with Gasteiger partial charge in [0.15, 0.2) is 0 Å². The highest BCUT2D eigenvalue weighted by Gasteiger charge is 2.24. The van der Waals surface area contributed by atoms with E-state index >= 15 is 0 Å². The highest BCUT2D eigenvalue weighted by atomic mass is 32.2. The van der Waals surface area contributed by atoms with Crippen LogP contribution < -0.4 is 0 Å². The number of rotatable bonds is 7. The predicted molar refractivity (Wildman–Crippen MR) is 93.0 cm³/mol. The van der Waals surface area contributed by atoms with Crippen LogP contribution in [0.4, 0.5) is 0 Å². The third-order valence-electron chi connectivity index (χ3n) is 3.79. The second kappa shape index (κ2) is 7.93. The highest BCUT2D eigenvalue weighted by Crippen LogP contribution is 2.18. The van der Waals surface area contributed by atoms with Crippen LogP contribution in [0.3, 0.4) is 0 Å². The molecule has 0 radical (unpaired) electrons. The summed E-state index contributed by atoms with van der Waals surface area (Å²) in [5.41, 5.74) is 0.505. The Kier molecular flexibility index (Phi) is 6.77. The fourth-order valence-corrected chi connectivity index (χ4v) is 4.15. The summed E-state index contributed by atoms with van der Waals surface area (Å²) in [6.45, 7) is 12.3. The Labute approximate surface area is 140 Å². The average molecular weight is 340 g/mol. The molecule has 0 saturated heterocycles. The van der Waals surface area contributed by atoms with Gasteiger partial charge in [-0.15, -0.1) is 0 Å². The van der Waals surface area contributed by atoms with Crippen molar-refractivity contribution >= 4 is 15.9 Å². The predicted octanol–water partition coefficient (Wildman–Crippen LogP) is 2.98. The molecule has 130 valence electrons. The van der Waals surface area contributed by atoms with E-state index in [0.717, 1.165) is 0 Å². The number of nitrogens with zero attached hydrogens (tertiary/aromatic N) is 2. The van der Waals surface area contributed by atoms with Gasteiger partial charge in [0.1, 0.15) is 0 Å². The normalized spacial score (nSPS) is 12.2. The van der Waals surface area contributed by atoms with Crippen LogP contribution in [0, 0.1) is 0 Å². The molecule has 1 aromatic rings. The number of carbonyl (C=O) groups is 1. The molecule has 0 atom stereocenters. The first-order valence-electron chi connectivity index (χ1n) is 8.09. The van der Waals surface area contributed by atoms with Crippen molar-refractivity contribution in [2.45, 2.75) is 58.5 Å². The zero-order chi connectivity index (χ0) is 17.8. The lowest BCUT2D eigenvalue weighted by Gasteiger charge is -2.31. The van der Waals surface area contributed by atoms with E-state index in [0.29, 0.717) is 18.7 Å². The first-order valence-corrected chi connectivity index (χ1v) is 9.53. The lowest BCUT2D eigenvalue weighted by Crippen LogP contribution is -2.42. The Morgan fingerprint density at radius 3 is 1.74 bits per heavy atom. The fraction of sp³-hybridized carbons (Fsp3) is 0.588. The van der Waals surface area contributed by atoms with Crippen LogP contribution in [0.2, 0.25) is 0 Å². The molecule has 0 unspecified atom stereocenters. The van der Waals surface area contributed by atoms with Gasteiger partial charge in [-0.3, -0.25) is 4.79 Å². The van der Waals surface area contributed by atoms with Crippen molar-refractivity contribution in [1.29, 1.82) is 0 Å². The first kappa shape index (κ1) is 19.6. The third-order valence-corrected chi connectivity index (χ3v) is 5.86. The molecule has 1 rings (SSSR count). The van der Waals surface area contributed by atoms with Crippen molar-refractivity contribution in [1.82, 2.24) is 9.21 Å². The number of amides is 1. The van der Waals surface area contributed by atoms with Crippen LogP contribution >= 0.6 is 0 Å². The standard InChI is InChI=1S/C17H28N2O3S/c1-7-18(8-2)23(21,22)16-11-9-15(10-12-16)17(20)19(13(3)4)14(5)6/h9-14H,7-8H2,1-6H3. The number of sulfonamides is 1. The van der Waals surface area contributed by atoms with Gasteiger partial charge in [-0.1, -0.05) is 13.8 Å². The topological polar surface area (TPSA) is 57.7 Å². The first-order chi connectivity index (χ1) is 10.7. The van der Waals surface area contributed by atoms with E-state index in [1.807, 2.05) is 41.5 Å². The smallest absolute Gasteiger partial charge is 0.254 e. The second-order valence-electron chi connectivity index (χ2n) is 6.01. The lowest BCUT2D eigenvalue weighted by atomic mass is 10.1. The maximum absolute atomic E-state index is 12.6. The average Bonchev–Trinajstić information content (AvgIpc) is 2.47.